The molecule has 0 atom stereocenters. The van der Waals surface area contributed by atoms with Gasteiger partial charge in [-0.2, -0.15) is 0 Å². The highest BCUT2D eigenvalue weighted by molar-refractivity contribution is 6.31. The van der Waals surface area contributed by atoms with E-state index >= 15 is 0 Å². The second kappa shape index (κ2) is 7.59. The molecule has 29 heavy (non-hydrogen) atoms. The molecule has 1 amide bonds. The summed E-state index contributed by atoms with van der Waals surface area (Å²) in [6.07, 6.45) is 1.51. The van der Waals surface area contributed by atoms with Crippen LogP contribution in [0.1, 0.15) is 26.3 Å². The number of halogens is 1. The normalized spacial score (nSPS) is 15.9. The van der Waals surface area contributed by atoms with Crippen LogP contribution in [-0.2, 0) is 4.74 Å². The standard InChI is InChI=1S/C22H24ClN3O3/c1-22(2,3)29-21(27)26-10-8-25(9-11-26)18-13-16(23)12-17-20(18)28-19-7-5-4-6-15(19)14-24-17/h4-7,12-14H,8-11H2,1-3H3. The number of rotatable bonds is 1. The third-order valence-corrected chi connectivity index (χ3v) is 4.98. The molecule has 2 aromatic rings. The summed E-state index contributed by atoms with van der Waals surface area (Å²) in [5.41, 5.74) is 1.99. The maximum atomic E-state index is 12.3. The molecule has 2 aliphatic rings. The van der Waals surface area contributed by atoms with Gasteiger partial charge in [-0.1, -0.05) is 23.7 Å². The number of anilines is 1. The average Bonchev–Trinajstić information content (AvgIpc) is 2.85. The first kappa shape index (κ1) is 19.6. The maximum Gasteiger partial charge on any atom is 0.410 e. The molecule has 2 aromatic carbocycles. The van der Waals surface area contributed by atoms with E-state index in [-0.39, 0.29) is 6.09 Å². The molecular weight excluding hydrogens is 390 g/mol. The van der Waals surface area contributed by atoms with Crippen molar-refractivity contribution in [1.82, 2.24) is 4.90 Å². The van der Waals surface area contributed by atoms with Crippen molar-refractivity contribution >= 4 is 35.3 Å². The molecule has 0 aromatic heterocycles. The van der Waals surface area contributed by atoms with Crippen molar-refractivity contribution in [3.05, 3.63) is 47.0 Å². The number of carbonyl (C=O) groups excluding carboxylic acids is 1. The highest BCUT2D eigenvalue weighted by atomic mass is 35.5. The lowest BCUT2D eigenvalue weighted by atomic mass is 10.2. The molecule has 1 fully saturated rings. The van der Waals surface area contributed by atoms with E-state index in [0.717, 1.165) is 17.0 Å². The van der Waals surface area contributed by atoms with Crippen LogP contribution in [0.4, 0.5) is 16.2 Å². The Morgan fingerprint density at radius 1 is 1.14 bits per heavy atom. The smallest absolute Gasteiger partial charge is 0.410 e. The third kappa shape index (κ3) is 4.32. The molecule has 0 saturated carbocycles. The van der Waals surface area contributed by atoms with Gasteiger partial charge in [-0.05, 0) is 45.0 Å². The molecule has 7 heteroatoms. The lowest BCUT2D eigenvalue weighted by molar-refractivity contribution is 0.0240. The number of hydrogen-bond donors (Lipinski definition) is 0. The van der Waals surface area contributed by atoms with Gasteiger partial charge in [0.1, 0.15) is 17.0 Å². The van der Waals surface area contributed by atoms with Crippen molar-refractivity contribution in [2.24, 2.45) is 4.99 Å². The first-order valence-electron chi connectivity index (χ1n) is 9.67. The lowest BCUT2D eigenvalue weighted by Gasteiger charge is -2.37. The van der Waals surface area contributed by atoms with Crippen molar-refractivity contribution in [2.75, 3.05) is 31.1 Å². The minimum atomic E-state index is -0.502. The summed E-state index contributed by atoms with van der Waals surface area (Å²) in [4.78, 5) is 20.8. The zero-order valence-electron chi connectivity index (χ0n) is 16.8. The topological polar surface area (TPSA) is 54.4 Å². The Morgan fingerprint density at radius 3 is 2.59 bits per heavy atom. The minimum Gasteiger partial charge on any atom is -0.452 e. The molecule has 0 bridgehead atoms. The molecule has 1 saturated heterocycles. The van der Waals surface area contributed by atoms with E-state index in [0.29, 0.717) is 42.6 Å². The van der Waals surface area contributed by atoms with E-state index in [2.05, 4.69) is 9.89 Å². The molecule has 2 heterocycles. The number of amides is 1. The zero-order valence-corrected chi connectivity index (χ0v) is 17.6. The zero-order chi connectivity index (χ0) is 20.6. The molecule has 2 aliphatic heterocycles. The van der Waals surface area contributed by atoms with E-state index in [1.807, 2.05) is 51.1 Å². The number of hydrogen-bond acceptors (Lipinski definition) is 5. The van der Waals surface area contributed by atoms with E-state index < -0.39 is 5.60 Å². The number of fused-ring (bicyclic) bond motifs is 2. The minimum absolute atomic E-state index is 0.281. The first-order valence-corrected chi connectivity index (χ1v) is 10.1. The van der Waals surface area contributed by atoms with Gasteiger partial charge in [0, 0.05) is 43.0 Å². The first-order chi connectivity index (χ1) is 13.8. The number of aliphatic imine (C=N–C) groups is 1. The van der Waals surface area contributed by atoms with Crippen LogP contribution < -0.4 is 9.64 Å². The summed E-state index contributed by atoms with van der Waals surface area (Å²) in [5.74, 6) is 1.44. The molecule has 152 valence electrons. The van der Waals surface area contributed by atoms with Crippen molar-refractivity contribution < 1.29 is 14.3 Å². The summed E-state index contributed by atoms with van der Waals surface area (Å²) in [7, 11) is 0. The van der Waals surface area contributed by atoms with E-state index in [4.69, 9.17) is 21.1 Å². The van der Waals surface area contributed by atoms with Gasteiger partial charge in [0.05, 0.1) is 5.69 Å². The van der Waals surface area contributed by atoms with Crippen LogP contribution in [0.15, 0.2) is 41.4 Å². The Balaban J connectivity index is 1.57. The maximum absolute atomic E-state index is 12.3. The SMILES string of the molecule is CC(C)(C)OC(=O)N1CCN(c2cc(Cl)cc3c2Oc2ccccc2C=N3)CC1. The predicted molar refractivity (Wildman–Crippen MR) is 115 cm³/mol. The van der Waals surface area contributed by atoms with Crippen LogP contribution in [-0.4, -0.2) is 49.0 Å². The average molecular weight is 414 g/mol. The second-order valence-corrected chi connectivity index (χ2v) is 8.56. The van der Waals surface area contributed by atoms with Gasteiger partial charge < -0.3 is 19.3 Å². The Hall–Kier alpha value is -2.73. The van der Waals surface area contributed by atoms with Crippen LogP contribution in [0, 0.1) is 0 Å². The van der Waals surface area contributed by atoms with Crippen LogP contribution >= 0.6 is 11.6 Å². The molecule has 0 aliphatic carbocycles. The number of benzene rings is 2. The quantitative estimate of drug-likeness (QED) is 0.546. The largest absolute Gasteiger partial charge is 0.452 e. The second-order valence-electron chi connectivity index (χ2n) is 8.13. The number of piperazine rings is 1. The summed E-state index contributed by atoms with van der Waals surface area (Å²) in [6.45, 7) is 8.06. The Morgan fingerprint density at radius 2 is 1.86 bits per heavy atom. The van der Waals surface area contributed by atoms with Gasteiger partial charge >= 0.3 is 6.09 Å². The Bertz CT molecular complexity index is 960. The van der Waals surface area contributed by atoms with Gasteiger partial charge in [0.25, 0.3) is 0 Å². The van der Waals surface area contributed by atoms with E-state index in [1.54, 1.807) is 17.2 Å². The molecule has 0 N–H and O–H groups in total. The highest BCUT2D eigenvalue weighted by Gasteiger charge is 2.28. The monoisotopic (exact) mass is 413 g/mol. The van der Waals surface area contributed by atoms with Crippen molar-refractivity contribution in [1.29, 1.82) is 0 Å². The van der Waals surface area contributed by atoms with Gasteiger partial charge in [-0.3, -0.25) is 4.99 Å². The number of nitrogens with zero attached hydrogens (tertiary/aromatic N) is 3. The Kier molecular flexibility index (Phi) is 5.13. The van der Waals surface area contributed by atoms with Gasteiger partial charge in [0.2, 0.25) is 0 Å². The highest BCUT2D eigenvalue weighted by Crippen LogP contribution is 2.45. The predicted octanol–water partition coefficient (Wildman–Crippen LogP) is 5.25. The number of carbonyl (C=O) groups is 1. The van der Waals surface area contributed by atoms with Crippen molar-refractivity contribution in [2.45, 2.75) is 26.4 Å². The molecule has 4 rings (SSSR count). The Labute approximate surface area is 175 Å². The number of ether oxygens (including phenoxy) is 2. The van der Waals surface area contributed by atoms with E-state index in [1.165, 1.54) is 0 Å². The van der Waals surface area contributed by atoms with Gasteiger partial charge in [-0.15, -0.1) is 0 Å². The summed E-state index contributed by atoms with van der Waals surface area (Å²) in [5, 5.41) is 0.597. The lowest BCUT2D eigenvalue weighted by Crippen LogP contribution is -2.50. The third-order valence-electron chi connectivity index (χ3n) is 4.76. The van der Waals surface area contributed by atoms with E-state index in [9.17, 15) is 4.79 Å². The molecule has 6 nitrogen and oxygen atoms in total. The summed E-state index contributed by atoms with van der Waals surface area (Å²) >= 11 is 6.38. The molecule has 0 unspecified atom stereocenters. The fraction of sp³-hybridized carbons (Fsp3) is 0.364. The fourth-order valence-corrected chi connectivity index (χ4v) is 3.59. The molecular formula is C22H24ClN3O3. The van der Waals surface area contributed by atoms with Gasteiger partial charge in [0.15, 0.2) is 5.75 Å². The van der Waals surface area contributed by atoms with Gasteiger partial charge in [-0.25, -0.2) is 4.79 Å². The van der Waals surface area contributed by atoms with Crippen molar-refractivity contribution in [3.8, 4) is 11.5 Å². The van der Waals surface area contributed by atoms with Crippen LogP contribution in [0.2, 0.25) is 5.02 Å². The molecule has 0 spiro atoms. The van der Waals surface area contributed by atoms with Crippen LogP contribution in [0.25, 0.3) is 0 Å². The van der Waals surface area contributed by atoms with Crippen LogP contribution in [0.3, 0.4) is 0 Å². The fourth-order valence-electron chi connectivity index (χ4n) is 3.39. The summed E-state index contributed by atoms with van der Waals surface area (Å²) < 4.78 is 11.7. The van der Waals surface area contributed by atoms with Crippen molar-refractivity contribution in [3.63, 3.8) is 0 Å². The number of para-hydroxylation sites is 1. The molecule has 0 radical (unpaired) electrons. The van der Waals surface area contributed by atoms with Crippen LogP contribution in [0.5, 0.6) is 11.5 Å². The summed E-state index contributed by atoms with van der Waals surface area (Å²) in [6, 6.07) is 11.5.